The van der Waals surface area contributed by atoms with Crippen molar-refractivity contribution in [3.05, 3.63) is 29.3 Å². The highest BCUT2D eigenvalue weighted by atomic mass is 16.3. The summed E-state index contributed by atoms with van der Waals surface area (Å²) < 4.78 is 0. The molecule has 3 N–H and O–H groups in total. The number of amides is 1. The first-order valence-electron chi connectivity index (χ1n) is 7.04. The molecule has 0 saturated carbocycles. The average molecular weight is 262 g/mol. The lowest BCUT2D eigenvalue weighted by atomic mass is 9.97. The van der Waals surface area contributed by atoms with Gasteiger partial charge in [0.05, 0.1) is 6.10 Å². The Kier molecular flexibility index (Phi) is 4.80. The molecule has 0 bridgehead atoms. The van der Waals surface area contributed by atoms with Crippen LogP contribution in [0.25, 0.3) is 0 Å². The van der Waals surface area contributed by atoms with Crippen molar-refractivity contribution in [2.75, 3.05) is 18.4 Å². The SMILES string of the molecule is CCC(O)CCNC(=O)c1cccc2c1CCCN2. The maximum absolute atomic E-state index is 12.2. The van der Waals surface area contributed by atoms with Crippen LogP contribution < -0.4 is 10.6 Å². The fraction of sp³-hybridized carbons (Fsp3) is 0.533. The number of hydrogen-bond acceptors (Lipinski definition) is 3. The third-order valence-electron chi connectivity index (χ3n) is 3.57. The van der Waals surface area contributed by atoms with Gasteiger partial charge >= 0.3 is 0 Å². The molecule has 4 nitrogen and oxygen atoms in total. The first-order valence-corrected chi connectivity index (χ1v) is 7.04. The third kappa shape index (κ3) is 3.47. The molecule has 1 atom stereocenters. The second-order valence-electron chi connectivity index (χ2n) is 4.97. The van der Waals surface area contributed by atoms with Gasteiger partial charge in [0.15, 0.2) is 0 Å². The zero-order valence-electron chi connectivity index (χ0n) is 11.4. The van der Waals surface area contributed by atoms with Crippen molar-refractivity contribution >= 4 is 11.6 Å². The van der Waals surface area contributed by atoms with Gasteiger partial charge in [0, 0.05) is 24.3 Å². The molecule has 1 unspecified atom stereocenters. The van der Waals surface area contributed by atoms with Crippen LogP contribution in [0.15, 0.2) is 18.2 Å². The van der Waals surface area contributed by atoms with E-state index in [2.05, 4.69) is 10.6 Å². The second-order valence-corrected chi connectivity index (χ2v) is 4.97. The molecule has 1 heterocycles. The van der Waals surface area contributed by atoms with Crippen molar-refractivity contribution in [2.24, 2.45) is 0 Å². The van der Waals surface area contributed by atoms with Crippen molar-refractivity contribution in [3.63, 3.8) is 0 Å². The van der Waals surface area contributed by atoms with Gasteiger partial charge in [-0.3, -0.25) is 4.79 Å². The minimum atomic E-state index is -0.327. The van der Waals surface area contributed by atoms with E-state index in [0.717, 1.165) is 42.6 Å². The number of rotatable bonds is 5. The predicted molar refractivity (Wildman–Crippen MR) is 76.5 cm³/mol. The molecule has 0 spiro atoms. The number of aliphatic hydroxyl groups is 1. The van der Waals surface area contributed by atoms with Gasteiger partial charge in [-0.05, 0) is 43.4 Å². The Hall–Kier alpha value is -1.55. The molecule has 1 aliphatic rings. The molecule has 0 fully saturated rings. The van der Waals surface area contributed by atoms with E-state index < -0.39 is 0 Å². The summed E-state index contributed by atoms with van der Waals surface area (Å²) in [5.41, 5.74) is 2.95. The van der Waals surface area contributed by atoms with Crippen LogP contribution in [0, 0.1) is 0 Å². The molecule has 1 aromatic rings. The molecule has 1 aliphatic heterocycles. The summed E-state index contributed by atoms with van der Waals surface area (Å²) in [6.07, 6.45) is 3.01. The molecule has 1 amide bonds. The number of aliphatic hydroxyl groups excluding tert-OH is 1. The summed E-state index contributed by atoms with van der Waals surface area (Å²) in [4.78, 5) is 12.2. The number of benzene rings is 1. The summed E-state index contributed by atoms with van der Waals surface area (Å²) >= 11 is 0. The van der Waals surface area contributed by atoms with E-state index in [1.165, 1.54) is 0 Å². The normalized spacial score (nSPS) is 15.3. The van der Waals surface area contributed by atoms with Crippen molar-refractivity contribution < 1.29 is 9.90 Å². The third-order valence-corrected chi connectivity index (χ3v) is 3.57. The quantitative estimate of drug-likeness (QED) is 0.760. The lowest BCUT2D eigenvalue weighted by Gasteiger charge is -2.20. The lowest BCUT2D eigenvalue weighted by molar-refractivity contribution is 0.0941. The first kappa shape index (κ1) is 13.9. The molecule has 0 aromatic heterocycles. The summed E-state index contributed by atoms with van der Waals surface area (Å²) in [7, 11) is 0. The molecule has 0 radical (unpaired) electrons. The maximum atomic E-state index is 12.2. The molecular formula is C15H22N2O2. The van der Waals surface area contributed by atoms with Gasteiger partial charge in [-0.15, -0.1) is 0 Å². The monoisotopic (exact) mass is 262 g/mol. The van der Waals surface area contributed by atoms with Crippen molar-refractivity contribution in [1.82, 2.24) is 5.32 Å². The van der Waals surface area contributed by atoms with Crippen molar-refractivity contribution in [2.45, 2.75) is 38.7 Å². The van der Waals surface area contributed by atoms with Gasteiger partial charge in [-0.1, -0.05) is 13.0 Å². The van der Waals surface area contributed by atoms with E-state index in [1.54, 1.807) is 0 Å². The van der Waals surface area contributed by atoms with Crippen LogP contribution >= 0.6 is 0 Å². The van der Waals surface area contributed by atoms with Crippen molar-refractivity contribution in [3.8, 4) is 0 Å². The fourth-order valence-corrected chi connectivity index (χ4v) is 2.37. The molecule has 104 valence electrons. The Morgan fingerprint density at radius 1 is 1.53 bits per heavy atom. The summed E-state index contributed by atoms with van der Waals surface area (Å²) in [5, 5.41) is 15.7. The van der Waals surface area contributed by atoms with E-state index in [1.807, 2.05) is 25.1 Å². The Bertz CT molecular complexity index is 446. The van der Waals surface area contributed by atoms with Crippen molar-refractivity contribution in [1.29, 1.82) is 0 Å². The topological polar surface area (TPSA) is 61.4 Å². The number of carbonyl (C=O) groups is 1. The highest BCUT2D eigenvalue weighted by Crippen LogP contribution is 2.25. The van der Waals surface area contributed by atoms with Gasteiger partial charge < -0.3 is 15.7 Å². The molecule has 1 aromatic carbocycles. The number of anilines is 1. The largest absolute Gasteiger partial charge is 0.393 e. The highest BCUT2D eigenvalue weighted by Gasteiger charge is 2.17. The van der Waals surface area contributed by atoms with Gasteiger partial charge in [-0.2, -0.15) is 0 Å². The van der Waals surface area contributed by atoms with E-state index >= 15 is 0 Å². The number of fused-ring (bicyclic) bond motifs is 1. The Morgan fingerprint density at radius 2 is 2.37 bits per heavy atom. The van der Waals surface area contributed by atoms with Crippen LogP contribution in [0.1, 0.15) is 42.1 Å². The smallest absolute Gasteiger partial charge is 0.251 e. The minimum absolute atomic E-state index is 0.0381. The van der Waals surface area contributed by atoms with Gasteiger partial charge in [0.25, 0.3) is 5.91 Å². The first-order chi connectivity index (χ1) is 9.22. The predicted octanol–water partition coefficient (Wildman–Crippen LogP) is 1.94. The molecule has 2 rings (SSSR count). The van der Waals surface area contributed by atoms with Gasteiger partial charge in [0.2, 0.25) is 0 Å². The number of hydrogen-bond donors (Lipinski definition) is 3. The average Bonchev–Trinajstić information content (AvgIpc) is 2.46. The summed E-state index contributed by atoms with van der Waals surface area (Å²) in [6.45, 7) is 3.43. The number of nitrogens with one attached hydrogen (secondary N) is 2. The number of carbonyl (C=O) groups excluding carboxylic acids is 1. The summed E-state index contributed by atoms with van der Waals surface area (Å²) in [6, 6.07) is 5.80. The minimum Gasteiger partial charge on any atom is -0.393 e. The highest BCUT2D eigenvalue weighted by molar-refractivity contribution is 5.97. The Balaban J connectivity index is 1.99. The van der Waals surface area contributed by atoms with E-state index in [-0.39, 0.29) is 12.0 Å². The van der Waals surface area contributed by atoms with Crippen LogP contribution in [0.3, 0.4) is 0 Å². The zero-order chi connectivity index (χ0) is 13.7. The molecule has 19 heavy (non-hydrogen) atoms. The molecular weight excluding hydrogens is 240 g/mol. The molecule has 0 saturated heterocycles. The lowest BCUT2D eigenvalue weighted by Crippen LogP contribution is -2.28. The standard InChI is InChI=1S/C15H22N2O2/c1-2-11(18)8-10-17-15(19)13-5-3-7-14-12(13)6-4-9-16-14/h3,5,7,11,16,18H,2,4,6,8-10H2,1H3,(H,17,19). The van der Waals surface area contributed by atoms with Crippen LogP contribution in [-0.4, -0.2) is 30.2 Å². The van der Waals surface area contributed by atoms with E-state index in [0.29, 0.717) is 13.0 Å². The van der Waals surface area contributed by atoms with Crippen LogP contribution in [0.4, 0.5) is 5.69 Å². The second kappa shape index (κ2) is 6.57. The van der Waals surface area contributed by atoms with Crippen LogP contribution in [-0.2, 0) is 6.42 Å². The summed E-state index contributed by atoms with van der Waals surface area (Å²) in [5.74, 6) is -0.0381. The van der Waals surface area contributed by atoms with Gasteiger partial charge in [0.1, 0.15) is 0 Å². The Labute approximate surface area is 114 Å². The van der Waals surface area contributed by atoms with E-state index in [4.69, 9.17) is 0 Å². The molecule has 4 heteroatoms. The van der Waals surface area contributed by atoms with Gasteiger partial charge in [-0.25, -0.2) is 0 Å². The fourth-order valence-electron chi connectivity index (χ4n) is 2.37. The van der Waals surface area contributed by atoms with Crippen LogP contribution in [0.5, 0.6) is 0 Å². The maximum Gasteiger partial charge on any atom is 0.251 e. The zero-order valence-corrected chi connectivity index (χ0v) is 11.4. The van der Waals surface area contributed by atoms with Crippen LogP contribution in [0.2, 0.25) is 0 Å². The molecule has 0 aliphatic carbocycles. The van der Waals surface area contributed by atoms with E-state index in [9.17, 15) is 9.90 Å². The Morgan fingerprint density at radius 3 is 3.16 bits per heavy atom.